The summed E-state index contributed by atoms with van der Waals surface area (Å²) >= 11 is 5.55. The highest BCUT2D eigenvalue weighted by Crippen LogP contribution is 2.24. The van der Waals surface area contributed by atoms with Crippen LogP contribution in [-0.4, -0.2) is 26.8 Å². The average Bonchev–Trinajstić information content (AvgIpc) is 2.35. The number of hydrogen-bond acceptors (Lipinski definition) is 3. The molecule has 1 aliphatic heterocycles. The standard InChI is InChI=1S/C11H14BrIN2O2S/c12-10-4-3-8(6-11(10)13)15-18(16,17)9-2-1-5-14-7-9/h3-4,6,9,14-15H,1-2,5,7H2. The van der Waals surface area contributed by atoms with E-state index in [0.717, 1.165) is 27.4 Å². The van der Waals surface area contributed by atoms with Gasteiger partial charge in [0.1, 0.15) is 0 Å². The summed E-state index contributed by atoms with van der Waals surface area (Å²) < 4.78 is 29.0. The number of nitrogens with one attached hydrogen (secondary N) is 2. The second kappa shape index (κ2) is 6.06. The third-order valence-corrected chi connectivity index (χ3v) is 7.00. The number of hydrogen-bond donors (Lipinski definition) is 2. The quantitative estimate of drug-likeness (QED) is 0.704. The Morgan fingerprint density at radius 2 is 2.22 bits per heavy atom. The molecule has 1 aromatic carbocycles. The average molecular weight is 445 g/mol. The first-order valence-electron chi connectivity index (χ1n) is 5.66. The maximum Gasteiger partial charge on any atom is 0.236 e. The molecule has 0 radical (unpaired) electrons. The number of rotatable bonds is 3. The minimum absolute atomic E-state index is 0.340. The molecule has 1 unspecified atom stereocenters. The molecule has 2 N–H and O–H groups in total. The smallest absolute Gasteiger partial charge is 0.236 e. The summed E-state index contributed by atoms with van der Waals surface area (Å²) in [5, 5.41) is 2.78. The summed E-state index contributed by atoms with van der Waals surface area (Å²) in [5.41, 5.74) is 0.619. The van der Waals surface area contributed by atoms with Gasteiger partial charge in [-0.25, -0.2) is 8.42 Å². The van der Waals surface area contributed by atoms with Crippen LogP contribution in [-0.2, 0) is 10.0 Å². The van der Waals surface area contributed by atoms with E-state index < -0.39 is 10.0 Å². The predicted octanol–water partition coefficient (Wildman–Crippen LogP) is 2.55. The zero-order valence-corrected chi connectivity index (χ0v) is 14.2. The Morgan fingerprint density at radius 1 is 1.44 bits per heavy atom. The summed E-state index contributed by atoms with van der Waals surface area (Å²) in [6.45, 7) is 1.44. The molecule has 0 bridgehead atoms. The van der Waals surface area contributed by atoms with Gasteiger partial charge in [0.25, 0.3) is 0 Å². The molecule has 1 aliphatic rings. The van der Waals surface area contributed by atoms with Gasteiger partial charge in [0.2, 0.25) is 10.0 Å². The molecule has 100 valence electrons. The summed E-state index contributed by atoms with van der Waals surface area (Å²) in [6.07, 6.45) is 1.62. The topological polar surface area (TPSA) is 58.2 Å². The number of sulfonamides is 1. The Hall–Kier alpha value is 0.140. The third-order valence-electron chi connectivity index (χ3n) is 2.87. The molecule has 0 saturated carbocycles. The van der Waals surface area contributed by atoms with Gasteiger partial charge in [-0.3, -0.25) is 4.72 Å². The minimum Gasteiger partial charge on any atom is -0.315 e. The van der Waals surface area contributed by atoms with Crippen LogP contribution in [0.25, 0.3) is 0 Å². The highest BCUT2D eigenvalue weighted by Gasteiger charge is 2.27. The van der Waals surface area contributed by atoms with Gasteiger partial charge in [-0.2, -0.15) is 0 Å². The van der Waals surface area contributed by atoms with Crippen LogP contribution in [0.4, 0.5) is 5.69 Å². The Bertz CT molecular complexity index is 530. The summed E-state index contributed by atoms with van der Waals surface area (Å²) in [6, 6.07) is 5.43. The summed E-state index contributed by atoms with van der Waals surface area (Å²) in [7, 11) is -3.30. The van der Waals surface area contributed by atoms with Crippen molar-refractivity contribution >= 4 is 54.2 Å². The van der Waals surface area contributed by atoms with Crippen molar-refractivity contribution in [1.82, 2.24) is 5.32 Å². The van der Waals surface area contributed by atoms with Crippen LogP contribution in [0, 0.1) is 3.57 Å². The zero-order chi connectivity index (χ0) is 13.2. The number of halogens is 2. The lowest BCUT2D eigenvalue weighted by Gasteiger charge is -2.23. The van der Waals surface area contributed by atoms with Crippen LogP contribution < -0.4 is 10.0 Å². The van der Waals surface area contributed by atoms with Gasteiger partial charge in [0.05, 0.1) is 5.25 Å². The maximum atomic E-state index is 12.2. The Kier molecular flexibility index (Phi) is 4.90. The van der Waals surface area contributed by atoms with Gasteiger partial charge in [0, 0.05) is 20.3 Å². The molecule has 7 heteroatoms. The van der Waals surface area contributed by atoms with E-state index in [1.165, 1.54) is 0 Å². The van der Waals surface area contributed by atoms with Crippen LogP contribution in [0.15, 0.2) is 22.7 Å². The van der Waals surface area contributed by atoms with Crippen molar-refractivity contribution in [2.45, 2.75) is 18.1 Å². The van der Waals surface area contributed by atoms with Gasteiger partial charge in [-0.15, -0.1) is 0 Å². The van der Waals surface area contributed by atoms with Crippen molar-refractivity contribution < 1.29 is 8.42 Å². The van der Waals surface area contributed by atoms with E-state index in [1.807, 2.05) is 12.1 Å². The largest absolute Gasteiger partial charge is 0.315 e. The molecule has 2 rings (SSSR count). The highest BCUT2D eigenvalue weighted by atomic mass is 127. The number of anilines is 1. The second-order valence-electron chi connectivity index (χ2n) is 4.24. The molecule has 0 spiro atoms. The first kappa shape index (κ1) is 14.5. The molecule has 1 aromatic rings. The van der Waals surface area contributed by atoms with E-state index in [-0.39, 0.29) is 5.25 Å². The minimum atomic E-state index is -3.30. The Labute approximate surface area is 129 Å². The monoisotopic (exact) mass is 444 g/mol. The fourth-order valence-corrected chi connectivity index (χ4v) is 4.09. The molecule has 4 nitrogen and oxygen atoms in total. The molecule has 0 aromatic heterocycles. The molecule has 0 amide bonds. The first-order chi connectivity index (χ1) is 8.49. The van der Waals surface area contributed by atoms with Gasteiger partial charge in [-0.1, -0.05) is 0 Å². The van der Waals surface area contributed by atoms with Gasteiger partial charge in [-0.05, 0) is 76.1 Å². The maximum absolute atomic E-state index is 12.2. The van der Waals surface area contributed by atoms with E-state index in [0.29, 0.717) is 12.2 Å². The van der Waals surface area contributed by atoms with E-state index >= 15 is 0 Å². The molecule has 1 fully saturated rings. The summed E-state index contributed by atoms with van der Waals surface area (Å²) in [5.74, 6) is 0. The molecule has 1 saturated heterocycles. The summed E-state index contributed by atoms with van der Waals surface area (Å²) in [4.78, 5) is 0. The number of benzene rings is 1. The van der Waals surface area contributed by atoms with E-state index in [1.54, 1.807) is 6.07 Å². The van der Waals surface area contributed by atoms with E-state index in [9.17, 15) is 8.42 Å². The fraction of sp³-hybridized carbons (Fsp3) is 0.455. The molecule has 1 atom stereocenters. The van der Waals surface area contributed by atoms with E-state index in [2.05, 4.69) is 48.6 Å². The Morgan fingerprint density at radius 3 is 2.83 bits per heavy atom. The Balaban J connectivity index is 2.13. The third kappa shape index (κ3) is 3.58. The zero-order valence-electron chi connectivity index (χ0n) is 9.62. The highest BCUT2D eigenvalue weighted by molar-refractivity contribution is 14.1. The van der Waals surface area contributed by atoms with Crippen molar-refractivity contribution in [3.63, 3.8) is 0 Å². The SMILES string of the molecule is O=S(=O)(Nc1ccc(Br)c(I)c1)C1CCCNC1. The molecular formula is C11H14BrIN2O2S. The van der Waals surface area contributed by atoms with Crippen LogP contribution in [0.2, 0.25) is 0 Å². The predicted molar refractivity (Wildman–Crippen MR) is 85.3 cm³/mol. The number of piperidine rings is 1. The molecular weight excluding hydrogens is 431 g/mol. The lowest BCUT2D eigenvalue weighted by molar-refractivity contribution is 0.499. The van der Waals surface area contributed by atoms with Crippen molar-refractivity contribution in [2.24, 2.45) is 0 Å². The van der Waals surface area contributed by atoms with Gasteiger partial charge < -0.3 is 5.32 Å². The lowest BCUT2D eigenvalue weighted by Crippen LogP contribution is -2.41. The van der Waals surface area contributed by atoms with Crippen molar-refractivity contribution in [3.05, 3.63) is 26.2 Å². The first-order valence-corrected chi connectivity index (χ1v) is 9.08. The van der Waals surface area contributed by atoms with Crippen molar-refractivity contribution in [2.75, 3.05) is 17.8 Å². The second-order valence-corrected chi connectivity index (χ2v) is 8.22. The van der Waals surface area contributed by atoms with Gasteiger partial charge in [0.15, 0.2) is 0 Å². The van der Waals surface area contributed by atoms with Crippen LogP contribution in [0.3, 0.4) is 0 Å². The lowest BCUT2D eigenvalue weighted by atomic mass is 10.2. The van der Waals surface area contributed by atoms with Crippen LogP contribution in [0.1, 0.15) is 12.8 Å². The fourth-order valence-electron chi connectivity index (χ4n) is 1.89. The van der Waals surface area contributed by atoms with Gasteiger partial charge >= 0.3 is 0 Å². The molecule has 0 aliphatic carbocycles. The van der Waals surface area contributed by atoms with E-state index in [4.69, 9.17) is 0 Å². The normalized spacial score (nSPS) is 20.7. The molecule has 18 heavy (non-hydrogen) atoms. The van der Waals surface area contributed by atoms with Crippen molar-refractivity contribution in [1.29, 1.82) is 0 Å². The molecule has 1 heterocycles. The van der Waals surface area contributed by atoms with Crippen molar-refractivity contribution in [3.8, 4) is 0 Å². The van der Waals surface area contributed by atoms with Crippen LogP contribution in [0.5, 0.6) is 0 Å². The van der Waals surface area contributed by atoms with Crippen LogP contribution >= 0.6 is 38.5 Å².